The molecular weight excluding hydrogens is 318 g/mol. The van der Waals surface area contributed by atoms with Gasteiger partial charge in [-0.1, -0.05) is 12.1 Å². The summed E-state index contributed by atoms with van der Waals surface area (Å²) in [5, 5.41) is 2.76. The van der Waals surface area contributed by atoms with Crippen molar-refractivity contribution in [3.8, 4) is 0 Å². The highest BCUT2D eigenvalue weighted by Gasteiger charge is 2.21. The van der Waals surface area contributed by atoms with Gasteiger partial charge < -0.3 is 14.8 Å². The Morgan fingerprint density at radius 1 is 1.29 bits per heavy atom. The normalized spacial score (nSPS) is 19.2. The first-order valence-corrected chi connectivity index (χ1v) is 8.78. The van der Waals surface area contributed by atoms with Crippen LogP contribution in [0.15, 0.2) is 29.2 Å². The lowest BCUT2D eigenvalue weighted by molar-refractivity contribution is -0.147. The summed E-state index contributed by atoms with van der Waals surface area (Å²) in [6.45, 7) is 1.64. The monoisotopic (exact) mass is 333 g/mol. The van der Waals surface area contributed by atoms with Crippen molar-refractivity contribution in [2.45, 2.75) is 17.4 Å². The molecule has 1 aromatic rings. The number of benzene rings is 1. The third-order valence-corrected chi connectivity index (χ3v) is 4.40. The van der Waals surface area contributed by atoms with Gasteiger partial charge in [0.1, 0.15) is 0 Å². The topological polar surface area (TPSA) is 81.7 Å². The van der Waals surface area contributed by atoms with E-state index in [2.05, 4.69) is 5.32 Å². The zero-order valence-corrected chi connectivity index (χ0v) is 12.8. The number of carbonyl (C=O) groups is 1. The molecule has 1 aromatic carbocycles. The zero-order valence-electron chi connectivity index (χ0n) is 11.2. The molecule has 0 bridgehead atoms. The fraction of sp³-hybridized carbons (Fsp3) is 0.462. The van der Waals surface area contributed by atoms with E-state index in [0.29, 0.717) is 26.2 Å². The third kappa shape index (κ3) is 4.96. The highest BCUT2D eigenvalue weighted by atomic mass is 35.7. The van der Waals surface area contributed by atoms with Crippen LogP contribution in [0.4, 0.5) is 0 Å². The summed E-state index contributed by atoms with van der Waals surface area (Å²) in [4.78, 5) is 11.8. The van der Waals surface area contributed by atoms with Crippen molar-refractivity contribution in [1.29, 1.82) is 0 Å². The van der Waals surface area contributed by atoms with Gasteiger partial charge in [-0.25, -0.2) is 8.42 Å². The molecule has 0 saturated carbocycles. The average molecular weight is 334 g/mol. The molecule has 1 aliphatic heterocycles. The van der Waals surface area contributed by atoms with Gasteiger partial charge in [0.15, 0.2) is 6.10 Å². The summed E-state index contributed by atoms with van der Waals surface area (Å²) >= 11 is 0. The lowest BCUT2D eigenvalue weighted by Gasteiger charge is -2.22. The molecule has 0 aromatic heterocycles. The molecule has 8 heteroatoms. The maximum Gasteiger partial charge on any atom is 0.261 e. The molecule has 1 aliphatic rings. The van der Waals surface area contributed by atoms with Crippen molar-refractivity contribution in [3.05, 3.63) is 29.8 Å². The molecule has 1 N–H and O–H groups in total. The van der Waals surface area contributed by atoms with Gasteiger partial charge in [-0.15, -0.1) is 0 Å². The average Bonchev–Trinajstić information content (AvgIpc) is 2.47. The highest BCUT2D eigenvalue weighted by molar-refractivity contribution is 8.13. The van der Waals surface area contributed by atoms with Gasteiger partial charge in [-0.3, -0.25) is 4.79 Å². The van der Waals surface area contributed by atoms with Crippen LogP contribution in [0.3, 0.4) is 0 Å². The number of hydrogen-bond donors (Lipinski definition) is 1. The van der Waals surface area contributed by atoms with Crippen LogP contribution in [0.5, 0.6) is 0 Å². The molecule has 2 rings (SSSR count). The molecule has 1 fully saturated rings. The van der Waals surface area contributed by atoms with E-state index in [0.717, 1.165) is 5.56 Å². The Morgan fingerprint density at radius 3 is 2.57 bits per heavy atom. The second kappa shape index (κ2) is 7.22. The summed E-state index contributed by atoms with van der Waals surface area (Å²) < 4.78 is 32.6. The maximum absolute atomic E-state index is 11.8. The number of ether oxygens (including phenoxy) is 2. The van der Waals surface area contributed by atoms with Crippen LogP contribution in [0.2, 0.25) is 0 Å². The van der Waals surface area contributed by atoms with Gasteiger partial charge in [0.2, 0.25) is 0 Å². The van der Waals surface area contributed by atoms with E-state index in [4.69, 9.17) is 20.2 Å². The molecule has 1 amide bonds. The first-order chi connectivity index (χ1) is 9.97. The molecule has 1 atom stereocenters. The number of halogens is 1. The summed E-state index contributed by atoms with van der Waals surface area (Å²) in [7, 11) is 1.54. The van der Waals surface area contributed by atoms with Gasteiger partial charge in [-0.2, -0.15) is 0 Å². The first kappa shape index (κ1) is 16.2. The molecule has 1 heterocycles. The lowest BCUT2D eigenvalue weighted by atomic mass is 10.1. The fourth-order valence-corrected chi connectivity index (χ4v) is 2.67. The van der Waals surface area contributed by atoms with E-state index in [1.807, 2.05) is 0 Å². The molecule has 0 spiro atoms. The Hall–Kier alpha value is -1.15. The summed E-state index contributed by atoms with van der Waals surface area (Å²) in [5.41, 5.74) is 0.903. The Labute approximate surface area is 127 Å². The van der Waals surface area contributed by atoms with E-state index in [1.54, 1.807) is 12.1 Å². The molecule has 1 unspecified atom stereocenters. The number of hydrogen-bond acceptors (Lipinski definition) is 5. The highest BCUT2D eigenvalue weighted by Crippen LogP contribution is 2.15. The van der Waals surface area contributed by atoms with Crippen molar-refractivity contribution in [2.24, 2.45) is 0 Å². The predicted molar refractivity (Wildman–Crippen MR) is 76.8 cm³/mol. The second-order valence-electron chi connectivity index (χ2n) is 4.56. The van der Waals surface area contributed by atoms with Crippen LogP contribution in [-0.4, -0.2) is 46.8 Å². The SMILES string of the molecule is O=C(NCCc1ccc(S(=O)(=O)Cl)cc1)C1COCCO1. The van der Waals surface area contributed by atoms with Crippen molar-refractivity contribution < 1.29 is 22.7 Å². The minimum Gasteiger partial charge on any atom is -0.376 e. The minimum absolute atomic E-state index is 0.0599. The van der Waals surface area contributed by atoms with Crippen LogP contribution >= 0.6 is 10.7 Å². The lowest BCUT2D eigenvalue weighted by Crippen LogP contribution is -2.43. The number of carbonyl (C=O) groups excluding carboxylic acids is 1. The largest absolute Gasteiger partial charge is 0.376 e. The van der Waals surface area contributed by atoms with E-state index >= 15 is 0 Å². The molecular formula is C13H16ClNO5S. The number of nitrogens with one attached hydrogen (secondary N) is 1. The van der Waals surface area contributed by atoms with Gasteiger partial charge >= 0.3 is 0 Å². The minimum atomic E-state index is -3.70. The fourth-order valence-electron chi connectivity index (χ4n) is 1.90. The summed E-state index contributed by atoms with van der Waals surface area (Å²) in [6.07, 6.45) is 0.0320. The standard InChI is InChI=1S/C13H16ClNO5S/c14-21(17,18)11-3-1-10(2-4-11)5-6-15-13(16)12-9-19-7-8-20-12/h1-4,12H,5-9H2,(H,15,16). The van der Waals surface area contributed by atoms with E-state index in [-0.39, 0.29) is 17.4 Å². The number of amides is 1. The van der Waals surface area contributed by atoms with Crippen LogP contribution in [0.25, 0.3) is 0 Å². The number of rotatable bonds is 5. The molecule has 6 nitrogen and oxygen atoms in total. The van der Waals surface area contributed by atoms with Crippen LogP contribution in [0.1, 0.15) is 5.56 Å². The van der Waals surface area contributed by atoms with Crippen molar-refractivity contribution >= 4 is 25.6 Å². The smallest absolute Gasteiger partial charge is 0.261 e. The molecule has 0 radical (unpaired) electrons. The Bertz CT molecular complexity index is 581. The van der Waals surface area contributed by atoms with Gasteiger partial charge in [-0.05, 0) is 24.1 Å². The third-order valence-electron chi connectivity index (χ3n) is 3.03. The molecule has 0 aliphatic carbocycles. The predicted octanol–water partition coefficient (Wildman–Crippen LogP) is 0.688. The summed E-state index contributed by atoms with van der Waals surface area (Å²) in [5.74, 6) is -0.199. The van der Waals surface area contributed by atoms with Crippen LogP contribution in [0, 0.1) is 0 Å². The van der Waals surface area contributed by atoms with E-state index < -0.39 is 15.2 Å². The maximum atomic E-state index is 11.8. The van der Waals surface area contributed by atoms with Crippen LogP contribution < -0.4 is 5.32 Å². The van der Waals surface area contributed by atoms with E-state index in [1.165, 1.54) is 12.1 Å². The Kier molecular flexibility index (Phi) is 5.58. The van der Waals surface area contributed by atoms with Crippen molar-refractivity contribution in [3.63, 3.8) is 0 Å². The van der Waals surface area contributed by atoms with E-state index in [9.17, 15) is 13.2 Å². The zero-order chi connectivity index (χ0) is 15.3. The van der Waals surface area contributed by atoms with Crippen molar-refractivity contribution in [1.82, 2.24) is 5.32 Å². The summed E-state index contributed by atoms with van der Waals surface area (Å²) in [6, 6.07) is 6.22. The molecule has 21 heavy (non-hydrogen) atoms. The van der Waals surface area contributed by atoms with Crippen LogP contribution in [-0.2, 0) is 29.7 Å². The van der Waals surface area contributed by atoms with Gasteiger partial charge in [0.25, 0.3) is 15.0 Å². The first-order valence-electron chi connectivity index (χ1n) is 6.47. The van der Waals surface area contributed by atoms with Gasteiger partial charge in [0.05, 0.1) is 24.7 Å². The Morgan fingerprint density at radius 2 is 2.00 bits per heavy atom. The van der Waals surface area contributed by atoms with Crippen molar-refractivity contribution in [2.75, 3.05) is 26.4 Å². The molecule has 116 valence electrons. The quantitative estimate of drug-likeness (QED) is 0.802. The van der Waals surface area contributed by atoms with Gasteiger partial charge in [0, 0.05) is 17.2 Å². The second-order valence-corrected chi connectivity index (χ2v) is 7.12. The Balaban J connectivity index is 1.79. The molecule has 1 saturated heterocycles.